The lowest BCUT2D eigenvalue weighted by atomic mass is 10.1. The van der Waals surface area contributed by atoms with Gasteiger partial charge >= 0.3 is 0 Å². The van der Waals surface area contributed by atoms with E-state index in [1.807, 2.05) is 0 Å². The summed E-state index contributed by atoms with van der Waals surface area (Å²) in [5.74, 6) is 0.736. The minimum absolute atomic E-state index is 0.337. The maximum absolute atomic E-state index is 9.25. The zero-order chi connectivity index (χ0) is 9.97. The van der Waals surface area contributed by atoms with Gasteiger partial charge in [-0.15, -0.1) is 0 Å². The summed E-state index contributed by atoms with van der Waals surface area (Å²) in [4.78, 5) is 2.52. The van der Waals surface area contributed by atoms with Crippen LogP contribution in [-0.2, 0) is 0 Å². The van der Waals surface area contributed by atoms with Crippen molar-refractivity contribution in [1.29, 1.82) is 0 Å². The predicted molar refractivity (Wildman–Crippen MR) is 57.0 cm³/mol. The summed E-state index contributed by atoms with van der Waals surface area (Å²) in [5, 5.41) is 9.25. The van der Waals surface area contributed by atoms with E-state index < -0.39 is 0 Å². The predicted octanol–water partition coefficient (Wildman–Crippen LogP) is 0.570. The Morgan fingerprint density at radius 1 is 1.29 bits per heavy atom. The molecule has 1 saturated carbocycles. The molecule has 2 rings (SSSR count). The van der Waals surface area contributed by atoms with Crippen molar-refractivity contribution in [2.24, 2.45) is 11.7 Å². The van der Waals surface area contributed by atoms with Crippen LogP contribution in [0.3, 0.4) is 0 Å². The SMILES string of the molecule is NCC1CCC(N2CCCC2CO)C1. The molecule has 1 saturated heterocycles. The minimum Gasteiger partial charge on any atom is -0.395 e. The topological polar surface area (TPSA) is 49.5 Å². The first-order valence-corrected chi connectivity index (χ1v) is 5.91. The molecule has 0 radical (unpaired) electrons. The van der Waals surface area contributed by atoms with Crippen molar-refractivity contribution in [2.45, 2.75) is 44.2 Å². The Labute approximate surface area is 86.3 Å². The Balaban J connectivity index is 1.89. The van der Waals surface area contributed by atoms with Gasteiger partial charge in [-0.25, -0.2) is 0 Å². The number of aliphatic hydroxyl groups excluding tert-OH is 1. The van der Waals surface area contributed by atoms with Crippen LogP contribution in [0.1, 0.15) is 32.1 Å². The molecule has 3 heteroatoms. The van der Waals surface area contributed by atoms with Crippen LogP contribution in [0.5, 0.6) is 0 Å². The van der Waals surface area contributed by atoms with E-state index >= 15 is 0 Å². The number of hydrogen-bond acceptors (Lipinski definition) is 3. The van der Waals surface area contributed by atoms with Crippen molar-refractivity contribution in [3.05, 3.63) is 0 Å². The number of nitrogens with zero attached hydrogens (tertiary/aromatic N) is 1. The molecule has 3 unspecified atom stereocenters. The van der Waals surface area contributed by atoms with Crippen molar-refractivity contribution in [3.8, 4) is 0 Å². The molecule has 1 aliphatic heterocycles. The van der Waals surface area contributed by atoms with Gasteiger partial charge in [0.15, 0.2) is 0 Å². The number of rotatable bonds is 3. The van der Waals surface area contributed by atoms with E-state index in [4.69, 9.17) is 5.73 Å². The van der Waals surface area contributed by atoms with Gasteiger partial charge < -0.3 is 10.8 Å². The third-order valence-corrected chi connectivity index (χ3v) is 3.95. The number of aliphatic hydroxyl groups is 1. The third kappa shape index (κ3) is 1.95. The molecule has 3 nitrogen and oxygen atoms in total. The Morgan fingerprint density at radius 3 is 2.79 bits per heavy atom. The monoisotopic (exact) mass is 198 g/mol. The van der Waals surface area contributed by atoms with Gasteiger partial charge in [-0.3, -0.25) is 4.90 Å². The van der Waals surface area contributed by atoms with Crippen LogP contribution in [0, 0.1) is 5.92 Å². The Bertz CT molecular complexity index is 186. The molecule has 3 N–H and O–H groups in total. The van der Waals surface area contributed by atoms with Crippen LogP contribution < -0.4 is 5.73 Å². The average Bonchev–Trinajstić information content (AvgIpc) is 2.85. The lowest BCUT2D eigenvalue weighted by Crippen LogP contribution is -2.39. The van der Waals surface area contributed by atoms with Crippen molar-refractivity contribution in [1.82, 2.24) is 4.90 Å². The van der Waals surface area contributed by atoms with Gasteiger partial charge in [-0.2, -0.15) is 0 Å². The summed E-state index contributed by atoms with van der Waals surface area (Å²) in [6, 6.07) is 1.15. The molecule has 0 aromatic rings. The second kappa shape index (κ2) is 4.60. The van der Waals surface area contributed by atoms with E-state index in [1.54, 1.807) is 0 Å². The molecule has 0 aromatic heterocycles. The summed E-state index contributed by atoms with van der Waals surface area (Å²) in [6.45, 7) is 2.37. The van der Waals surface area contributed by atoms with Crippen LogP contribution >= 0.6 is 0 Å². The molecule has 14 heavy (non-hydrogen) atoms. The maximum atomic E-state index is 9.25. The van der Waals surface area contributed by atoms with Gasteiger partial charge in [0.25, 0.3) is 0 Å². The highest BCUT2D eigenvalue weighted by molar-refractivity contribution is 4.89. The van der Waals surface area contributed by atoms with Crippen LogP contribution in [-0.4, -0.2) is 41.8 Å². The zero-order valence-electron chi connectivity index (χ0n) is 8.86. The van der Waals surface area contributed by atoms with Crippen molar-refractivity contribution >= 4 is 0 Å². The summed E-state index contributed by atoms with van der Waals surface area (Å²) in [5.41, 5.74) is 5.69. The first-order chi connectivity index (χ1) is 6.85. The summed E-state index contributed by atoms with van der Waals surface area (Å²) >= 11 is 0. The van der Waals surface area contributed by atoms with Gasteiger partial charge in [-0.1, -0.05) is 0 Å². The molecule has 1 aliphatic carbocycles. The van der Waals surface area contributed by atoms with E-state index in [9.17, 15) is 5.11 Å². The molecule has 0 bridgehead atoms. The lowest BCUT2D eigenvalue weighted by Gasteiger charge is -2.29. The summed E-state index contributed by atoms with van der Waals surface area (Å²) in [7, 11) is 0. The molecule has 2 fully saturated rings. The molecule has 0 aromatic carbocycles. The molecule has 2 aliphatic rings. The summed E-state index contributed by atoms with van der Waals surface area (Å²) < 4.78 is 0. The Kier molecular flexibility index (Phi) is 3.42. The second-order valence-electron chi connectivity index (χ2n) is 4.79. The highest BCUT2D eigenvalue weighted by atomic mass is 16.3. The molecule has 82 valence electrons. The molecule has 0 amide bonds. The van der Waals surface area contributed by atoms with Gasteiger partial charge in [0.1, 0.15) is 0 Å². The van der Waals surface area contributed by atoms with Gasteiger partial charge in [0.2, 0.25) is 0 Å². The third-order valence-electron chi connectivity index (χ3n) is 3.95. The maximum Gasteiger partial charge on any atom is 0.0586 e. The largest absolute Gasteiger partial charge is 0.395 e. The normalized spacial score (nSPS) is 39.4. The van der Waals surface area contributed by atoms with E-state index in [0.717, 1.165) is 12.5 Å². The standard InChI is InChI=1S/C11H22N2O/c12-7-9-3-4-10(6-9)13-5-1-2-11(13)8-14/h9-11,14H,1-8,12H2. The highest BCUT2D eigenvalue weighted by Gasteiger charge is 2.34. The number of nitrogens with two attached hydrogens (primary N) is 1. The van der Waals surface area contributed by atoms with Crippen LogP contribution in [0.4, 0.5) is 0 Å². The van der Waals surface area contributed by atoms with Gasteiger partial charge in [0, 0.05) is 12.1 Å². The Morgan fingerprint density at radius 2 is 2.14 bits per heavy atom. The zero-order valence-corrected chi connectivity index (χ0v) is 8.86. The quantitative estimate of drug-likeness (QED) is 0.697. The van der Waals surface area contributed by atoms with E-state index in [2.05, 4.69) is 4.90 Å². The first kappa shape index (κ1) is 10.4. The molecule has 3 atom stereocenters. The number of hydrogen-bond donors (Lipinski definition) is 2. The van der Waals surface area contributed by atoms with Crippen molar-refractivity contribution in [2.75, 3.05) is 19.7 Å². The molecular weight excluding hydrogens is 176 g/mol. The van der Waals surface area contributed by atoms with Gasteiger partial charge in [0.05, 0.1) is 6.61 Å². The lowest BCUT2D eigenvalue weighted by molar-refractivity contribution is 0.119. The van der Waals surface area contributed by atoms with Crippen LogP contribution in [0.15, 0.2) is 0 Å². The second-order valence-corrected chi connectivity index (χ2v) is 4.79. The Hall–Kier alpha value is -0.120. The first-order valence-electron chi connectivity index (χ1n) is 5.91. The average molecular weight is 198 g/mol. The van der Waals surface area contributed by atoms with E-state index in [0.29, 0.717) is 18.7 Å². The summed E-state index contributed by atoms with van der Waals surface area (Å²) in [6.07, 6.45) is 6.27. The molecule has 0 spiro atoms. The molecular formula is C11H22N2O. The van der Waals surface area contributed by atoms with Crippen LogP contribution in [0.25, 0.3) is 0 Å². The van der Waals surface area contributed by atoms with Crippen LogP contribution in [0.2, 0.25) is 0 Å². The number of likely N-dealkylation sites (tertiary alicyclic amines) is 1. The highest BCUT2D eigenvalue weighted by Crippen LogP contribution is 2.32. The fourth-order valence-corrected chi connectivity index (χ4v) is 3.10. The van der Waals surface area contributed by atoms with Crippen molar-refractivity contribution in [3.63, 3.8) is 0 Å². The molecule has 1 heterocycles. The van der Waals surface area contributed by atoms with Gasteiger partial charge in [-0.05, 0) is 51.1 Å². The van der Waals surface area contributed by atoms with Crippen molar-refractivity contribution < 1.29 is 5.11 Å². The fourth-order valence-electron chi connectivity index (χ4n) is 3.10. The fraction of sp³-hybridized carbons (Fsp3) is 1.00. The smallest absolute Gasteiger partial charge is 0.0586 e. The minimum atomic E-state index is 0.337. The van der Waals surface area contributed by atoms with E-state index in [1.165, 1.54) is 38.6 Å². The van der Waals surface area contributed by atoms with E-state index in [-0.39, 0.29) is 0 Å².